The van der Waals surface area contributed by atoms with E-state index in [0.717, 1.165) is 56.1 Å². The standard InChI is InChI=1S/C18H23FN4/c1-3-16-13(2)21-17(14-5-7-15(19)8-6-14)22-18(16)23-11-4-9-20-10-12-23/h5-8,20H,3-4,9-12H2,1-2H3. The minimum atomic E-state index is -0.241. The Labute approximate surface area is 136 Å². The van der Waals surface area contributed by atoms with Crippen LogP contribution in [-0.4, -0.2) is 36.1 Å². The second-order valence-corrected chi connectivity index (χ2v) is 5.89. The average Bonchev–Trinajstić information content (AvgIpc) is 2.84. The van der Waals surface area contributed by atoms with E-state index in [0.29, 0.717) is 5.82 Å². The molecule has 0 aliphatic carbocycles. The van der Waals surface area contributed by atoms with Crippen LogP contribution in [-0.2, 0) is 6.42 Å². The van der Waals surface area contributed by atoms with Crippen molar-refractivity contribution in [3.8, 4) is 11.4 Å². The molecule has 1 aromatic carbocycles. The van der Waals surface area contributed by atoms with Crippen molar-refractivity contribution in [2.45, 2.75) is 26.7 Å². The topological polar surface area (TPSA) is 41.1 Å². The van der Waals surface area contributed by atoms with Crippen molar-refractivity contribution in [1.29, 1.82) is 0 Å². The third-order valence-corrected chi connectivity index (χ3v) is 4.29. The molecule has 0 radical (unpaired) electrons. The fourth-order valence-corrected chi connectivity index (χ4v) is 3.04. The number of aryl methyl sites for hydroxylation is 1. The highest BCUT2D eigenvalue weighted by atomic mass is 19.1. The van der Waals surface area contributed by atoms with Gasteiger partial charge in [0, 0.05) is 36.5 Å². The first kappa shape index (κ1) is 15.9. The Kier molecular flexibility index (Phi) is 4.86. The van der Waals surface area contributed by atoms with Gasteiger partial charge in [0.2, 0.25) is 0 Å². The van der Waals surface area contributed by atoms with Gasteiger partial charge in [-0.2, -0.15) is 0 Å². The number of benzene rings is 1. The largest absolute Gasteiger partial charge is 0.355 e. The zero-order valence-electron chi connectivity index (χ0n) is 13.8. The summed E-state index contributed by atoms with van der Waals surface area (Å²) in [4.78, 5) is 11.8. The molecule has 1 saturated heterocycles. The lowest BCUT2D eigenvalue weighted by Gasteiger charge is -2.25. The van der Waals surface area contributed by atoms with Crippen LogP contribution in [0.4, 0.5) is 10.2 Å². The summed E-state index contributed by atoms with van der Waals surface area (Å²) >= 11 is 0. The molecule has 0 bridgehead atoms. The van der Waals surface area contributed by atoms with Crippen molar-refractivity contribution in [3.63, 3.8) is 0 Å². The van der Waals surface area contributed by atoms with Gasteiger partial charge < -0.3 is 10.2 Å². The Morgan fingerprint density at radius 1 is 1.13 bits per heavy atom. The summed E-state index contributed by atoms with van der Waals surface area (Å²) in [5, 5.41) is 3.42. The van der Waals surface area contributed by atoms with Crippen molar-refractivity contribution in [2.75, 3.05) is 31.1 Å². The molecule has 0 atom stereocenters. The number of hydrogen-bond acceptors (Lipinski definition) is 4. The molecular weight excluding hydrogens is 291 g/mol. The third-order valence-electron chi connectivity index (χ3n) is 4.29. The Bertz CT molecular complexity index is 661. The summed E-state index contributed by atoms with van der Waals surface area (Å²) in [5.41, 5.74) is 3.07. The van der Waals surface area contributed by atoms with Gasteiger partial charge in [0.05, 0.1) is 0 Å². The van der Waals surface area contributed by atoms with Crippen molar-refractivity contribution < 1.29 is 4.39 Å². The summed E-state index contributed by atoms with van der Waals surface area (Å²) in [7, 11) is 0. The molecule has 1 aromatic heterocycles. The molecule has 0 saturated carbocycles. The molecule has 1 N–H and O–H groups in total. The monoisotopic (exact) mass is 314 g/mol. The van der Waals surface area contributed by atoms with Gasteiger partial charge in [0.1, 0.15) is 11.6 Å². The first-order valence-corrected chi connectivity index (χ1v) is 8.28. The lowest BCUT2D eigenvalue weighted by Crippen LogP contribution is -2.30. The number of nitrogens with one attached hydrogen (secondary N) is 1. The van der Waals surface area contributed by atoms with Crippen LogP contribution in [0.1, 0.15) is 24.6 Å². The minimum absolute atomic E-state index is 0.241. The predicted molar refractivity (Wildman–Crippen MR) is 91.2 cm³/mol. The molecule has 1 aliphatic rings. The SMILES string of the molecule is CCc1c(C)nc(-c2ccc(F)cc2)nc1N1CCCNCC1. The fourth-order valence-electron chi connectivity index (χ4n) is 3.04. The van der Waals surface area contributed by atoms with Gasteiger partial charge in [-0.15, -0.1) is 0 Å². The van der Waals surface area contributed by atoms with Crippen LogP contribution in [0.2, 0.25) is 0 Å². The van der Waals surface area contributed by atoms with Gasteiger partial charge in [-0.1, -0.05) is 6.92 Å². The highest BCUT2D eigenvalue weighted by Gasteiger charge is 2.18. The molecule has 0 amide bonds. The molecule has 0 unspecified atom stereocenters. The maximum atomic E-state index is 13.2. The van der Waals surface area contributed by atoms with Crippen LogP contribution in [0.5, 0.6) is 0 Å². The number of rotatable bonds is 3. The Hall–Kier alpha value is -2.01. The summed E-state index contributed by atoms with van der Waals surface area (Å²) in [5.74, 6) is 1.46. The summed E-state index contributed by atoms with van der Waals surface area (Å²) in [6, 6.07) is 6.39. The van der Waals surface area contributed by atoms with E-state index < -0.39 is 0 Å². The van der Waals surface area contributed by atoms with E-state index in [1.807, 2.05) is 6.92 Å². The van der Waals surface area contributed by atoms with E-state index in [1.54, 1.807) is 12.1 Å². The summed E-state index contributed by atoms with van der Waals surface area (Å²) < 4.78 is 13.2. The van der Waals surface area contributed by atoms with E-state index in [9.17, 15) is 4.39 Å². The number of aromatic nitrogens is 2. The molecule has 122 valence electrons. The molecule has 1 aliphatic heterocycles. The van der Waals surface area contributed by atoms with Crippen molar-refractivity contribution in [3.05, 3.63) is 41.3 Å². The molecule has 0 spiro atoms. The predicted octanol–water partition coefficient (Wildman–Crippen LogP) is 2.95. The van der Waals surface area contributed by atoms with Gasteiger partial charge in [0.15, 0.2) is 5.82 Å². The first-order valence-electron chi connectivity index (χ1n) is 8.28. The van der Waals surface area contributed by atoms with Crippen LogP contribution < -0.4 is 10.2 Å². The zero-order chi connectivity index (χ0) is 16.2. The average molecular weight is 314 g/mol. The molecule has 2 heterocycles. The van der Waals surface area contributed by atoms with Crippen LogP contribution in [0.15, 0.2) is 24.3 Å². The van der Waals surface area contributed by atoms with E-state index in [-0.39, 0.29) is 5.82 Å². The summed E-state index contributed by atoms with van der Waals surface area (Å²) in [6.07, 6.45) is 2.02. The fraction of sp³-hybridized carbons (Fsp3) is 0.444. The maximum Gasteiger partial charge on any atom is 0.161 e. The molecule has 1 fully saturated rings. The Morgan fingerprint density at radius 3 is 2.65 bits per heavy atom. The number of anilines is 1. The number of halogens is 1. The van der Waals surface area contributed by atoms with Crippen molar-refractivity contribution in [1.82, 2.24) is 15.3 Å². The highest BCUT2D eigenvalue weighted by Crippen LogP contribution is 2.26. The number of hydrogen-bond donors (Lipinski definition) is 1. The van der Waals surface area contributed by atoms with E-state index in [4.69, 9.17) is 4.98 Å². The smallest absolute Gasteiger partial charge is 0.161 e. The van der Waals surface area contributed by atoms with Gasteiger partial charge in [0.25, 0.3) is 0 Å². The molecule has 3 rings (SSSR count). The third kappa shape index (κ3) is 3.50. The first-order chi connectivity index (χ1) is 11.2. The van der Waals surface area contributed by atoms with Crippen LogP contribution in [0.3, 0.4) is 0 Å². The van der Waals surface area contributed by atoms with E-state index >= 15 is 0 Å². The molecule has 2 aromatic rings. The van der Waals surface area contributed by atoms with Crippen molar-refractivity contribution in [2.24, 2.45) is 0 Å². The Balaban J connectivity index is 2.04. The second kappa shape index (κ2) is 7.04. The van der Waals surface area contributed by atoms with E-state index in [2.05, 4.69) is 22.1 Å². The molecular formula is C18H23FN4. The second-order valence-electron chi connectivity index (χ2n) is 5.89. The van der Waals surface area contributed by atoms with Gasteiger partial charge in [-0.3, -0.25) is 0 Å². The van der Waals surface area contributed by atoms with Gasteiger partial charge in [-0.05, 0) is 50.6 Å². The summed E-state index contributed by atoms with van der Waals surface area (Å²) in [6.45, 7) is 8.15. The zero-order valence-corrected chi connectivity index (χ0v) is 13.8. The quantitative estimate of drug-likeness (QED) is 0.946. The van der Waals surface area contributed by atoms with Crippen molar-refractivity contribution >= 4 is 5.82 Å². The maximum absolute atomic E-state index is 13.2. The lowest BCUT2D eigenvalue weighted by molar-refractivity contribution is 0.628. The normalized spacial score (nSPS) is 15.5. The van der Waals surface area contributed by atoms with Gasteiger partial charge >= 0.3 is 0 Å². The van der Waals surface area contributed by atoms with Crippen LogP contribution >= 0.6 is 0 Å². The minimum Gasteiger partial charge on any atom is -0.355 e. The van der Waals surface area contributed by atoms with Crippen LogP contribution in [0, 0.1) is 12.7 Å². The lowest BCUT2D eigenvalue weighted by atomic mass is 10.1. The highest BCUT2D eigenvalue weighted by molar-refractivity contribution is 5.60. The Morgan fingerprint density at radius 2 is 1.91 bits per heavy atom. The molecule has 23 heavy (non-hydrogen) atoms. The molecule has 5 heteroatoms. The van der Waals surface area contributed by atoms with Gasteiger partial charge in [-0.25, -0.2) is 14.4 Å². The van der Waals surface area contributed by atoms with E-state index in [1.165, 1.54) is 17.7 Å². The van der Waals surface area contributed by atoms with Crippen LogP contribution in [0.25, 0.3) is 11.4 Å². The molecule has 4 nitrogen and oxygen atoms in total. The number of nitrogens with zero attached hydrogens (tertiary/aromatic N) is 3.